The standard InChI is InChI=1S/C10H13N5/c1-5(2)7-4-12-10-8(15-7)9(11)13-6(3)14-10/h4-5H,1-3H3,(H2,11,12,13,14). The van der Waals surface area contributed by atoms with Crippen molar-refractivity contribution < 1.29 is 0 Å². The third-order valence-corrected chi connectivity index (χ3v) is 2.16. The minimum atomic E-state index is 0.322. The number of hydrogen-bond acceptors (Lipinski definition) is 5. The number of nitrogens with two attached hydrogens (primary N) is 1. The molecule has 0 fully saturated rings. The summed E-state index contributed by atoms with van der Waals surface area (Å²) >= 11 is 0. The summed E-state index contributed by atoms with van der Waals surface area (Å²) in [5.41, 5.74) is 7.83. The van der Waals surface area contributed by atoms with Gasteiger partial charge in [0.1, 0.15) is 5.82 Å². The van der Waals surface area contributed by atoms with Crippen molar-refractivity contribution >= 4 is 17.0 Å². The largest absolute Gasteiger partial charge is 0.382 e. The molecule has 0 amide bonds. The van der Waals surface area contributed by atoms with Crippen molar-refractivity contribution in [2.75, 3.05) is 5.73 Å². The van der Waals surface area contributed by atoms with Gasteiger partial charge in [0.05, 0.1) is 11.9 Å². The highest BCUT2D eigenvalue weighted by Gasteiger charge is 2.08. The average Bonchev–Trinajstić information content (AvgIpc) is 2.16. The molecule has 0 bridgehead atoms. The molecule has 2 heterocycles. The van der Waals surface area contributed by atoms with Crippen molar-refractivity contribution in [3.63, 3.8) is 0 Å². The molecule has 15 heavy (non-hydrogen) atoms. The van der Waals surface area contributed by atoms with Gasteiger partial charge in [0.15, 0.2) is 17.0 Å². The Kier molecular flexibility index (Phi) is 2.22. The second-order valence-corrected chi connectivity index (χ2v) is 3.78. The van der Waals surface area contributed by atoms with E-state index in [1.165, 1.54) is 0 Å². The predicted octanol–water partition coefficient (Wildman–Crippen LogP) is 1.43. The number of aryl methyl sites for hydroxylation is 1. The van der Waals surface area contributed by atoms with Crippen LogP contribution >= 0.6 is 0 Å². The monoisotopic (exact) mass is 203 g/mol. The van der Waals surface area contributed by atoms with E-state index >= 15 is 0 Å². The molecule has 0 aliphatic heterocycles. The molecular weight excluding hydrogens is 190 g/mol. The summed E-state index contributed by atoms with van der Waals surface area (Å²) in [6, 6.07) is 0. The van der Waals surface area contributed by atoms with Crippen LogP contribution in [0.3, 0.4) is 0 Å². The van der Waals surface area contributed by atoms with Gasteiger partial charge in [-0.15, -0.1) is 0 Å². The summed E-state index contributed by atoms with van der Waals surface area (Å²) < 4.78 is 0. The summed E-state index contributed by atoms with van der Waals surface area (Å²) in [4.78, 5) is 16.9. The van der Waals surface area contributed by atoms with Crippen molar-refractivity contribution in [3.05, 3.63) is 17.7 Å². The van der Waals surface area contributed by atoms with Gasteiger partial charge >= 0.3 is 0 Å². The van der Waals surface area contributed by atoms with Crippen LogP contribution in [-0.2, 0) is 0 Å². The lowest BCUT2D eigenvalue weighted by atomic mass is 10.1. The number of nitrogens with zero attached hydrogens (tertiary/aromatic N) is 4. The predicted molar refractivity (Wildman–Crippen MR) is 58.4 cm³/mol. The van der Waals surface area contributed by atoms with Crippen LogP contribution in [0.2, 0.25) is 0 Å². The first-order valence-electron chi connectivity index (χ1n) is 4.84. The van der Waals surface area contributed by atoms with Gasteiger partial charge in [0.2, 0.25) is 0 Å². The topological polar surface area (TPSA) is 77.6 Å². The Morgan fingerprint density at radius 2 is 1.93 bits per heavy atom. The molecule has 0 aromatic carbocycles. The van der Waals surface area contributed by atoms with Crippen molar-refractivity contribution in [1.29, 1.82) is 0 Å². The van der Waals surface area contributed by atoms with Crippen LogP contribution < -0.4 is 5.73 Å². The fourth-order valence-corrected chi connectivity index (χ4v) is 1.33. The van der Waals surface area contributed by atoms with E-state index in [0.717, 1.165) is 5.69 Å². The maximum absolute atomic E-state index is 5.77. The Balaban J connectivity index is 2.71. The summed E-state index contributed by atoms with van der Waals surface area (Å²) in [5.74, 6) is 1.33. The molecule has 0 saturated carbocycles. The second kappa shape index (κ2) is 3.42. The number of rotatable bonds is 1. The number of hydrogen-bond donors (Lipinski definition) is 1. The lowest BCUT2D eigenvalue weighted by Crippen LogP contribution is -2.03. The molecule has 2 aromatic rings. The molecule has 0 aliphatic carbocycles. The van der Waals surface area contributed by atoms with E-state index in [0.29, 0.717) is 28.7 Å². The van der Waals surface area contributed by atoms with Gasteiger partial charge < -0.3 is 5.73 Å². The molecule has 0 atom stereocenters. The first-order chi connectivity index (χ1) is 7.08. The Bertz CT molecular complexity index is 506. The van der Waals surface area contributed by atoms with Gasteiger partial charge in [-0.2, -0.15) is 0 Å². The lowest BCUT2D eigenvalue weighted by molar-refractivity contribution is 0.819. The third kappa shape index (κ3) is 1.72. The number of fused-ring (bicyclic) bond motifs is 1. The van der Waals surface area contributed by atoms with Crippen LogP contribution in [0.4, 0.5) is 5.82 Å². The average molecular weight is 203 g/mol. The minimum Gasteiger partial charge on any atom is -0.382 e. The number of nitrogen functional groups attached to an aromatic ring is 1. The minimum absolute atomic E-state index is 0.322. The zero-order valence-electron chi connectivity index (χ0n) is 9.02. The zero-order chi connectivity index (χ0) is 11.0. The first kappa shape index (κ1) is 9.76. The summed E-state index contributed by atoms with van der Waals surface area (Å²) in [6.07, 6.45) is 1.74. The lowest BCUT2D eigenvalue weighted by Gasteiger charge is -2.06. The molecular formula is C10H13N5. The molecule has 2 aromatic heterocycles. The fourth-order valence-electron chi connectivity index (χ4n) is 1.33. The molecule has 5 nitrogen and oxygen atoms in total. The van der Waals surface area contributed by atoms with Crippen LogP contribution in [0.1, 0.15) is 31.3 Å². The van der Waals surface area contributed by atoms with Gasteiger partial charge in [-0.25, -0.2) is 19.9 Å². The van der Waals surface area contributed by atoms with Gasteiger partial charge in [-0.3, -0.25) is 0 Å². The van der Waals surface area contributed by atoms with E-state index in [4.69, 9.17) is 5.73 Å². The SMILES string of the molecule is Cc1nc(N)c2nc(C(C)C)cnc2n1. The van der Waals surface area contributed by atoms with E-state index in [-0.39, 0.29) is 0 Å². The molecule has 0 unspecified atom stereocenters. The third-order valence-electron chi connectivity index (χ3n) is 2.16. The van der Waals surface area contributed by atoms with Crippen LogP contribution in [0.25, 0.3) is 11.2 Å². The summed E-state index contributed by atoms with van der Waals surface area (Å²) in [5, 5.41) is 0. The van der Waals surface area contributed by atoms with Crippen LogP contribution in [0.5, 0.6) is 0 Å². The maximum atomic E-state index is 5.77. The van der Waals surface area contributed by atoms with Gasteiger partial charge in [-0.05, 0) is 12.8 Å². The van der Waals surface area contributed by atoms with E-state index < -0.39 is 0 Å². The van der Waals surface area contributed by atoms with Crippen molar-refractivity contribution in [3.8, 4) is 0 Å². The fraction of sp³-hybridized carbons (Fsp3) is 0.400. The molecule has 2 rings (SSSR count). The molecule has 0 aliphatic rings. The van der Waals surface area contributed by atoms with E-state index in [1.807, 2.05) is 0 Å². The van der Waals surface area contributed by atoms with Crippen molar-refractivity contribution in [1.82, 2.24) is 19.9 Å². The molecule has 78 valence electrons. The van der Waals surface area contributed by atoms with Crippen molar-refractivity contribution in [2.24, 2.45) is 0 Å². The summed E-state index contributed by atoms with van der Waals surface area (Å²) in [6.45, 7) is 5.90. The number of aromatic nitrogens is 4. The maximum Gasteiger partial charge on any atom is 0.183 e. The van der Waals surface area contributed by atoms with Crippen LogP contribution in [0.15, 0.2) is 6.20 Å². The highest BCUT2D eigenvalue weighted by atomic mass is 15.0. The van der Waals surface area contributed by atoms with E-state index in [9.17, 15) is 0 Å². The quantitative estimate of drug-likeness (QED) is 0.758. The molecule has 5 heteroatoms. The van der Waals surface area contributed by atoms with Crippen LogP contribution in [0, 0.1) is 6.92 Å². The Labute approximate surface area is 87.8 Å². The normalized spacial score (nSPS) is 11.2. The molecule has 0 spiro atoms. The van der Waals surface area contributed by atoms with Gasteiger partial charge in [0.25, 0.3) is 0 Å². The smallest absolute Gasteiger partial charge is 0.183 e. The highest BCUT2D eigenvalue weighted by molar-refractivity contribution is 5.80. The molecule has 2 N–H and O–H groups in total. The van der Waals surface area contributed by atoms with Gasteiger partial charge in [0, 0.05) is 0 Å². The Morgan fingerprint density at radius 1 is 1.20 bits per heavy atom. The van der Waals surface area contributed by atoms with E-state index in [2.05, 4.69) is 33.8 Å². The molecule has 0 saturated heterocycles. The number of anilines is 1. The Hall–Kier alpha value is -1.78. The van der Waals surface area contributed by atoms with Crippen molar-refractivity contribution in [2.45, 2.75) is 26.7 Å². The first-order valence-corrected chi connectivity index (χ1v) is 4.84. The zero-order valence-corrected chi connectivity index (χ0v) is 9.02. The van der Waals surface area contributed by atoms with Crippen LogP contribution in [-0.4, -0.2) is 19.9 Å². The second-order valence-electron chi connectivity index (χ2n) is 3.78. The van der Waals surface area contributed by atoms with Gasteiger partial charge in [-0.1, -0.05) is 13.8 Å². The Morgan fingerprint density at radius 3 is 2.60 bits per heavy atom. The summed E-state index contributed by atoms with van der Waals surface area (Å²) in [7, 11) is 0. The molecule has 0 radical (unpaired) electrons. The highest BCUT2D eigenvalue weighted by Crippen LogP contribution is 2.17. The van der Waals surface area contributed by atoms with E-state index in [1.54, 1.807) is 13.1 Å².